The van der Waals surface area contributed by atoms with E-state index in [4.69, 9.17) is 9.47 Å². The van der Waals surface area contributed by atoms with Gasteiger partial charge in [-0.05, 0) is 6.07 Å². The third-order valence-corrected chi connectivity index (χ3v) is 2.52. The van der Waals surface area contributed by atoms with E-state index in [1.807, 2.05) is 0 Å². The molecule has 0 amide bonds. The van der Waals surface area contributed by atoms with Crippen molar-refractivity contribution >= 4 is 5.97 Å². The van der Waals surface area contributed by atoms with E-state index in [0.29, 0.717) is 23.3 Å². The van der Waals surface area contributed by atoms with E-state index in [2.05, 4.69) is 0 Å². The molecule has 2 aliphatic rings. The number of epoxide rings is 1. The highest BCUT2D eigenvalue weighted by atomic mass is 19.1. The molecule has 0 saturated carbocycles. The van der Waals surface area contributed by atoms with E-state index >= 15 is 0 Å². The molecule has 1 fully saturated rings. The highest BCUT2D eigenvalue weighted by Crippen LogP contribution is 2.35. The highest BCUT2D eigenvalue weighted by molar-refractivity contribution is 5.93. The maximum absolute atomic E-state index is 13.7. The van der Waals surface area contributed by atoms with Crippen molar-refractivity contribution in [2.24, 2.45) is 0 Å². The number of benzene rings is 1. The molecular formula is C10H7FO3. The predicted molar refractivity (Wildman–Crippen MR) is 44.2 cm³/mol. The number of carbonyl (C=O) groups is 1. The Morgan fingerprint density at radius 3 is 2.93 bits per heavy atom. The van der Waals surface area contributed by atoms with Gasteiger partial charge in [-0.3, -0.25) is 0 Å². The number of fused-ring (bicyclic) bond motifs is 1. The Morgan fingerprint density at radius 2 is 2.21 bits per heavy atom. The lowest BCUT2D eigenvalue weighted by atomic mass is 10.0. The van der Waals surface area contributed by atoms with Gasteiger partial charge in [0.15, 0.2) is 0 Å². The Bertz CT molecular complexity index is 424. The van der Waals surface area contributed by atoms with Crippen LogP contribution in [0.2, 0.25) is 0 Å². The minimum atomic E-state index is -0.442. The fourth-order valence-corrected chi connectivity index (χ4v) is 1.66. The summed E-state index contributed by atoms with van der Waals surface area (Å²) in [5.74, 6) is -0.794. The van der Waals surface area contributed by atoms with Crippen LogP contribution in [-0.2, 0) is 16.1 Å². The predicted octanol–water partition coefficient (Wildman–Crippen LogP) is 1.57. The van der Waals surface area contributed by atoms with E-state index < -0.39 is 5.97 Å². The van der Waals surface area contributed by atoms with Crippen LogP contribution in [0.15, 0.2) is 12.1 Å². The summed E-state index contributed by atoms with van der Waals surface area (Å²) in [5.41, 5.74) is 1.23. The van der Waals surface area contributed by atoms with Gasteiger partial charge in [0.1, 0.15) is 18.5 Å². The average molecular weight is 194 g/mol. The van der Waals surface area contributed by atoms with Crippen LogP contribution in [0.1, 0.15) is 27.6 Å². The zero-order valence-electron chi connectivity index (χ0n) is 7.25. The summed E-state index contributed by atoms with van der Waals surface area (Å²) in [7, 11) is 0. The molecule has 2 heterocycles. The molecule has 0 N–H and O–H groups in total. The molecule has 0 radical (unpaired) electrons. The van der Waals surface area contributed by atoms with Crippen LogP contribution in [0.3, 0.4) is 0 Å². The standard InChI is InChI=1S/C10H7FO3/c11-9-6(8-4-13-8)2-1-5-7(9)3-14-10(5)12/h1-2,8H,3-4H2/t8-/m1/s1. The number of esters is 1. The van der Waals surface area contributed by atoms with Gasteiger partial charge in [-0.15, -0.1) is 0 Å². The molecule has 3 nitrogen and oxygen atoms in total. The van der Waals surface area contributed by atoms with Crippen LogP contribution in [0.5, 0.6) is 0 Å². The first kappa shape index (κ1) is 7.94. The maximum Gasteiger partial charge on any atom is 0.338 e. The number of ether oxygens (including phenoxy) is 2. The number of rotatable bonds is 1. The quantitative estimate of drug-likeness (QED) is 0.503. The van der Waals surface area contributed by atoms with Gasteiger partial charge in [0.25, 0.3) is 0 Å². The average Bonchev–Trinajstić information content (AvgIpc) is 2.93. The summed E-state index contributed by atoms with van der Waals surface area (Å²) in [4.78, 5) is 11.1. The van der Waals surface area contributed by atoms with E-state index in [1.165, 1.54) is 0 Å². The molecule has 3 rings (SSSR count). The van der Waals surface area contributed by atoms with Crippen molar-refractivity contribution in [3.05, 3.63) is 34.6 Å². The first-order valence-electron chi connectivity index (χ1n) is 4.37. The molecule has 0 aromatic heterocycles. The molecule has 1 aromatic carbocycles. The molecule has 4 heteroatoms. The summed E-state index contributed by atoms with van der Waals surface area (Å²) >= 11 is 0. The van der Waals surface area contributed by atoms with Gasteiger partial charge in [-0.25, -0.2) is 9.18 Å². The minimum Gasteiger partial charge on any atom is -0.457 e. The number of cyclic esters (lactones) is 1. The van der Waals surface area contributed by atoms with Gasteiger partial charge in [0.2, 0.25) is 0 Å². The van der Waals surface area contributed by atoms with Gasteiger partial charge in [0.05, 0.1) is 12.2 Å². The topological polar surface area (TPSA) is 38.8 Å². The van der Waals surface area contributed by atoms with Crippen molar-refractivity contribution in [3.63, 3.8) is 0 Å². The summed E-state index contributed by atoms with van der Waals surface area (Å²) in [6.45, 7) is 0.602. The maximum atomic E-state index is 13.7. The number of halogens is 1. The summed E-state index contributed by atoms with van der Waals surface area (Å²) in [6.07, 6.45) is -0.129. The lowest BCUT2D eigenvalue weighted by Gasteiger charge is -2.01. The first-order valence-corrected chi connectivity index (χ1v) is 4.37. The van der Waals surface area contributed by atoms with Gasteiger partial charge in [0, 0.05) is 11.1 Å². The molecule has 1 saturated heterocycles. The lowest BCUT2D eigenvalue weighted by Crippen LogP contribution is -1.97. The molecule has 0 unspecified atom stereocenters. The van der Waals surface area contributed by atoms with Crippen molar-refractivity contribution < 1.29 is 18.7 Å². The lowest BCUT2D eigenvalue weighted by molar-refractivity contribution is 0.0534. The summed E-state index contributed by atoms with van der Waals surface area (Å²) < 4.78 is 23.5. The van der Waals surface area contributed by atoms with Crippen LogP contribution < -0.4 is 0 Å². The van der Waals surface area contributed by atoms with Crippen LogP contribution in [0, 0.1) is 5.82 Å². The smallest absolute Gasteiger partial charge is 0.338 e. The summed E-state index contributed by atoms with van der Waals surface area (Å²) in [5, 5.41) is 0. The molecule has 2 aliphatic heterocycles. The highest BCUT2D eigenvalue weighted by Gasteiger charge is 2.33. The van der Waals surface area contributed by atoms with Gasteiger partial charge < -0.3 is 9.47 Å². The molecule has 0 aliphatic carbocycles. The SMILES string of the molecule is O=C1OCc2c1ccc([C@H]1CO1)c2F. The van der Waals surface area contributed by atoms with Gasteiger partial charge >= 0.3 is 5.97 Å². The Kier molecular flexibility index (Phi) is 1.44. The second kappa shape index (κ2) is 2.54. The van der Waals surface area contributed by atoms with Crippen molar-refractivity contribution in [2.75, 3.05) is 6.61 Å². The van der Waals surface area contributed by atoms with Crippen molar-refractivity contribution in [3.8, 4) is 0 Å². The van der Waals surface area contributed by atoms with Crippen LogP contribution in [0.4, 0.5) is 4.39 Å². The van der Waals surface area contributed by atoms with E-state index in [-0.39, 0.29) is 18.5 Å². The molecular weight excluding hydrogens is 187 g/mol. The van der Waals surface area contributed by atoms with Crippen molar-refractivity contribution in [1.29, 1.82) is 0 Å². The minimum absolute atomic E-state index is 0.0422. The second-order valence-corrected chi connectivity index (χ2v) is 3.39. The summed E-state index contributed by atoms with van der Waals surface area (Å²) in [6, 6.07) is 3.20. The Hall–Kier alpha value is -1.42. The number of hydrogen-bond donors (Lipinski definition) is 0. The zero-order chi connectivity index (χ0) is 9.71. The normalized spacial score (nSPS) is 23.2. The van der Waals surface area contributed by atoms with Crippen LogP contribution in [-0.4, -0.2) is 12.6 Å². The molecule has 72 valence electrons. The third-order valence-electron chi connectivity index (χ3n) is 2.52. The first-order chi connectivity index (χ1) is 6.77. The molecule has 0 spiro atoms. The molecule has 1 atom stereocenters. The molecule has 14 heavy (non-hydrogen) atoms. The van der Waals surface area contributed by atoms with E-state index in [1.54, 1.807) is 12.1 Å². The Balaban J connectivity index is 2.16. The Labute approximate surface area is 79.4 Å². The zero-order valence-corrected chi connectivity index (χ0v) is 7.25. The van der Waals surface area contributed by atoms with Gasteiger partial charge in [-0.2, -0.15) is 0 Å². The monoisotopic (exact) mass is 194 g/mol. The van der Waals surface area contributed by atoms with Gasteiger partial charge in [-0.1, -0.05) is 6.07 Å². The number of hydrogen-bond acceptors (Lipinski definition) is 3. The molecule has 1 aromatic rings. The molecule has 0 bridgehead atoms. The van der Waals surface area contributed by atoms with Crippen molar-refractivity contribution in [1.82, 2.24) is 0 Å². The fraction of sp³-hybridized carbons (Fsp3) is 0.300. The van der Waals surface area contributed by atoms with E-state index in [0.717, 1.165) is 0 Å². The van der Waals surface area contributed by atoms with Crippen molar-refractivity contribution in [2.45, 2.75) is 12.7 Å². The largest absolute Gasteiger partial charge is 0.457 e. The second-order valence-electron chi connectivity index (χ2n) is 3.39. The number of carbonyl (C=O) groups excluding carboxylic acids is 1. The van der Waals surface area contributed by atoms with Crippen LogP contribution >= 0.6 is 0 Å². The fourth-order valence-electron chi connectivity index (χ4n) is 1.66. The van der Waals surface area contributed by atoms with E-state index in [9.17, 15) is 9.18 Å². The Morgan fingerprint density at radius 1 is 1.43 bits per heavy atom. The van der Waals surface area contributed by atoms with Crippen LogP contribution in [0.25, 0.3) is 0 Å². The third kappa shape index (κ3) is 0.974.